The zero-order valence-electron chi connectivity index (χ0n) is 13.5. The third kappa shape index (κ3) is 4.47. The van der Waals surface area contributed by atoms with Gasteiger partial charge in [-0.1, -0.05) is 30.4 Å². The maximum absolute atomic E-state index is 4.57. The van der Waals surface area contributed by atoms with E-state index in [9.17, 15) is 0 Å². The molecule has 0 saturated heterocycles. The highest BCUT2D eigenvalue weighted by atomic mass is 127. The molecule has 0 spiro atoms. The summed E-state index contributed by atoms with van der Waals surface area (Å²) in [7, 11) is 0. The lowest BCUT2D eigenvalue weighted by Gasteiger charge is -2.05. The van der Waals surface area contributed by atoms with E-state index in [1.54, 1.807) is 0 Å². The van der Waals surface area contributed by atoms with Crippen LogP contribution in [0, 0.1) is 10.6 Å². The third-order valence-corrected chi connectivity index (χ3v) is 4.32. The minimum absolute atomic E-state index is 0.945. The van der Waals surface area contributed by atoms with Crippen molar-refractivity contribution in [3.05, 3.63) is 75.4 Å². The van der Waals surface area contributed by atoms with Gasteiger partial charge < -0.3 is 0 Å². The van der Waals surface area contributed by atoms with Crippen LogP contribution in [-0.2, 0) is 0 Å². The molecule has 3 nitrogen and oxygen atoms in total. The van der Waals surface area contributed by atoms with Crippen LogP contribution >= 0.6 is 22.6 Å². The Kier molecular flexibility index (Phi) is 5.69. The first-order valence-corrected chi connectivity index (χ1v) is 8.96. The lowest BCUT2D eigenvalue weighted by atomic mass is 10.1. The SMILES string of the molecule is Cc1ncc(-c2cccc(I)n2)cc1/C=C/C1=CCC/C=C\N=C/1. The number of aromatic nitrogens is 2. The van der Waals surface area contributed by atoms with Gasteiger partial charge in [0.15, 0.2) is 0 Å². The van der Waals surface area contributed by atoms with Crippen molar-refractivity contribution in [1.29, 1.82) is 0 Å². The molecule has 0 bridgehead atoms. The van der Waals surface area contributed by atoms with Crippen LogP contribution in [0.1, 0.15) is 24.1 Å². The van der Waals surface area contributed by atoms with Crippen molar-refractivity contribution >= 4 is 34.9 Å². The molecule has 1 aliphatic heterocycles. The van der Waals surface area contributed by atoms with Crippen molar-refractivity contribution in [3.63, 3.8) is 0 Å². The number of aliphatic imine (C=N–C) groups is 1. The van der Waals surface area contributed by atoms with Crippen LogP contribution in [0.2, 0.25) is 0 Å². The lowest BCUT2D eigenvalue weighted by molar-refractivity contribution is 1.04. The maximum atomic E-state index is 4.57. The molecule has 3 rings (SSSR count). The zero-order chi connectivity index (χ0) is 16.8. The van der Waals surface area contributed by atoms with E-state index < -0.39 is 0 Å². The Morgan fingerprint density at radius 3 is 2.96 bits per heavy atom. The predicted molar refractivity (Wildman–Crippen MR) is 109 cm³/mol. The number of aryl methyl sites for hydroxylation is 1. The number of halogens is 1. The van der Waals surface area contributed by atoms with Gasteiger partial charge in [0, 0.05) is 29.9 Å². The van der Waals surface area contributed by atoms with Gasteiger partial charge in [0.25, 0.3) is 0 Å². The summed E-state index contributed by atoms with van der Waals surface area (Å²) in [5, 5.41) is 0. The average molecular weight is 427 g/mol. The number of rotatable bonds is 3. The highest BCUT2D eigenvalue weighted by Crippen LogP contribution is 2.21. The van der Waals surface area contributed by atoms with E-state index in [0.29, 0.717) is 0 Å². The van der Waals surface area contributed by atoms with E-state index in [-0.39, 0.29) is 0 Å². The molecule has 0 amide bonds. The zero-order valence-corrected chi connectivity index (χ0v) is 15.6. The first-order valence-electron chi connectivity index (χ1n) is 7.88. The Morgan fingerprint density at radius 2 is 2.08 bits per heavy atom. The minimum Gasteiger partial charge on any atom is -0.264 e. The Balaban J connectivity index is 1.89. The number of allylic oxidation sites excluding steroid dienone is 4. The summed E-state index contributed by atoms with van der Waals surface area (Å²) in [5.74, 6) is 0. The van der Waals surface area contributed by atoms with Crippen molar-refractivity contribution in [2.75, 3.05) is 0 Å². The molecule has 0 atom stereocenters. The monoisotopic (exact) mass is 427 g/mol. The molecule has 4 heteroatoms. The van der Waals surface area contributed by atoms with Crippen molar-refractivity contribution in [1.82, 2.24) is 9.97 Å². The second kappa shape index (κ2) is 8.15. The van der Waals surface area contributed by atoms with Crippen LogP contribution in [0.15, 0.2) is 65.5 Å². The molecule has 0 N–H and O–H groups in total. The van der Waals surface area contributed by atoms with E-state index >= 15 is 0 Å². The Labute approximate surface area is 156 Å². The first kappa shape index (κ1) is 16.8. The molecule has 1 aliphatic rings. The molecule has 0 aliphatic carbocycles. The molecule has 120 valence electrons. The standard InChI is InChI=1S/C20H18IN3/c1-15-17(10-9-16-6-3-2-4-11-22-13-16)12-18(14-23-15)19-7-5-8-20(21)24-19/h4-14H,2-3H2,1H3/b10-9+,11-4-,16-6?,22-13-. The molecular formula is C20H18IN3. The Hall–Kier alpha value is -2.08. The smallest absolute Gasteiger partial charge is 0.102 e. The molecule has 0 aromatic carbocycles. The van der Waals surface area contributed by atoms with Gasteiger partial charge in [0.05, 0.1) is 5.69 Å². The second-order valence-corrected chi connectivity index (χ2v) is 6.63. The predicted octanol–water partition coefficient (Wildman–Crippen LogP) is 5.37. The lowest BCUT2D eigenvalue weighted by Crippen LogP contribution is -1.92. The molecule has 24 heavy (non-hydrogen) atoms. The fraction of sp³-hybridized carbons (Fsp3) is 0.150. The highest BCUT2D eigenvalue weighted by molar-refractivity contribution is 14.1. The van der Waals surface area contributed by atoms with Crippen LogP contribution in [0.3, 0.4) is 0 Å². The van der Waals surface area contributed by atoms with Gasteiger partial charge >= 0.3 is 0 Å². The molecule has 2 aromatic heterocycles. The molecule has 0 fully saturated rings. The summed E-state index contributed by atoms with van der Waals surface area (Å²) in [6.07, 6.45) is 16.2. The molecule has 3 heterocycles. The van der Waals surface area contributed by atoms with Crippen molar-refractivity contribution in [3.8, 4) is 11.3 Å². The Morgan fingerprint density at radius 1 is 1.17 bits per heavy atom. The minimum atomic E-state index is 0.945. The molecule has 0 saturated carbocycles. The first-order chi connectivity index (χ1) is 11.7. The summed E-state index contributed by atoms with van der Waals surface area (Å²) < 4.78 is 0.978. The summed E-state index contributed by atoms with van der Waals surface area (Å²) in [6, 6.07) is 8.15. The van der Waals surface area contributed by atoms with Gasteiger partial charge in [-0.2, -0.15) is 0 Å². The third-order valence-electron chi connectivity index (χ3n) is 3.72. The summed E-state index contributed by atoms with van der Waals surface area (Å²) in [5.41, 5.74) is 5.20. The maximum Gasteiger partial charge on any atom is 0.102 e. The van der Waals surface area contributed by atoms with Gasteiger partial charge in [-0.25, -0.2) is 4.98 Å². The normalized spacial score (nSPS) is 17.2. The fourth-order valence-electron chi connectivity index (χ4n) is 2.39. The molecular weight excluding hydrogens is 409 g/mol. The van der Waals surface area contributed by atoms with Gasteiger partial charge in [-0.3, -0.25) is 9.98 Å². The van der Waals surface area contributed by atoms with Gasteiger partial charge in [-0.05, 0) is 71.7 Å². The number of nitrogens with zero attached hydrogens (tertiary/aromatic N) is 3. The van der Waals surface area contributed by atoms with E-state index in [4.69, 9.17) is 0 Å². The van der Waals surface area contributed by atoms with Crippen LogP contribution < -0.4 is 0 Å². The van der Waals surface area contributed by atoms with Gasteiger partial charge in [0.2, 0.25) is 0 Å². The van der Waals surface area contributed by atoms with E-state index in [1.165, 1.54) is 0 Å². The van der Waals surface area contributed by atoms with Gasteiger partial charge in [0.1, 0.15) is 3.70 Å². The molecule has 0 radical (unpaired) electrons. The number of hydrogen-bond acceptors (Lipinski definition) is 3. The van der Waals surface area contributed by atoms with Crippen LogP contribution in [0.4, 0.5) is 0 Å². The van der Waals surface area contributed by atoms with E-state index in [2.05, 4.69) is 67.9 Å². The van der Waals surface area contributed by atoms with Crippen LogP contribution in [0.25, 0.3) is 17.3 Å². The number of hydrogen-bond donors (Lipinski definition) is 0. The van der Waals surface area contributed by atoms with Crippen molar-refractivity contribution in [2.45, 2.75) is 19.8 Å². The topological polar surface area (TPSA) is 38.1 Å². The average Bonchev–Trinajstić information content (AvgIpc) is 2.55. The van der Waals surface area contributed by atoms with Crippen LogP contribution in [0.5, 0.6) is 0 Å². The van der Waals surface area contributed by atoms with Crippen molar-refractivity contribution < 1.29 is 0 Å². The fourth-order valence-corrected chi connectivity index (χ4v) is 2.86. The number of pyridine rings is 2. The van der Waals surface area contributed by atoms with E-state index in [0.717, 1.165) is 44.6 Å². The molecule has 2 aromatic rings. The second-order valence-electron chi connectivity index (χ2n) is 5.52. The van der Waals surface area contributed by atoms with Crippen molar-refractivity contribution in [2.24, 2.45) is 4.99 Å². The highest BCUT2D eigenvalue weighted by Gasteiger charge is 2.04. The van der Waals surface area contributed by atoms with Gasteiger partial charge in [-0.15, -0.1) is 0 Å². The largest absolute Gasteiger partial charge is 0.264 e. The van der Waals surface area contributed by atoms with Crippen LogP contribution in [-0.4, -0.2) is 16.2 Å². The quantitative estimate of drug-likeness (QED) is 0.488. The summed E-state index contributed by atoms with van der Waals surface area (Å²) in [6.45, 7) is 2.02. The van der Waals surface area contributed by atoms with E-state index in [1.807, 2.05) is 43.7 Å². The summed E-state index contributed by atoms with van der Waals surface area (Å²) in [4.78, 5) is 13.4. The molecule has 0 unspecified atom stereocenters. The Bertz CT molecular complexity index is 848. The summed E-state index contributed by atoms with van der Waals surface area (Å²) >= 11 is 2.23.